The fourth-order valence-corrected chi connectivity index (χ4v) is 1.55. The van der Waals surface area contributed by atoms with Crippen molar-refractivity contribution in [3.8, 4) is 0 Å². The van der Waals surface area contributed by atoms with Crippen LogP contribution in [0.4, 0.5) is 13.2 Å². The normalized spacial score (nSPS) is 12.6. The molecule has 1 amide bonds. The van der Waals surface area contributed by atoms with E-state index in [9.17, 15) is 18.0 Å². The monoisotopic (exact) mass is 268 g/mol. The third-order valence-corrected chi connectivity index (χ3v) is 2.64. The lowest BCUT2D eigenvalue weighted by atomic mass is 9.93. The van der Waals surface area contributed by atoms with Gasteiger partial charge in [0.15, 0.2) is 0 Å². The summed E-state index contributed by atoms with van der Waals surface area (Å²) in [5.74, 6) is -0.448. The maximum absolute atomic E-state index is 12.1. The van der Waals surface area contributed by atoms with Gasteiger partial charge in [0.05, 0.1) is 6.42 Å². The van der Waals surface area contributed by atoms with E-state index in [4.69, 9.17) is 5.73 Å². The number of carbonyl (C=O) groups excluding carboxylic acids is 1. The van der Waals surface area contributed by atoms with Crippen molar-refractivity contribution in [1.29, 1.82) is 0 Å². The maximum atomic E-state index is 12.1. The molecule has 0 aromatic heterocycles. The number of alkyl halides is 3. The highest BCUT2D eigenvalue weighted by Gasteiger charge is 2.30. The number of hydrogen-bond acceptors (Lipinski definition) is 2. The standard InChI is InChI=1S/C12H23F3N2O/c1-4-7-17(9-11(2,3)8-16)10(18)5-6-12(13,14)15/h4-9,16H2,1-3H3. The Labute approximate surface area is 107 Å². The summed E-state index contributed by atoms with van der Waals surface area (Å²) in [6.07, 6.45) is -5.10. The zero-order chi connectivity index (χ0) is 14.4. The molecule has 2 N–H and O–H groups in total. The van der Waals surface area contributed by atoms with E-state index in [2.05, 4.69) is 0 Å². The second kappa shape index (κ2) is 6.97. The molecule has 0 aliphatic heterocycles. The fraction of sp³-hybridized carbons (Fsp3) is 0.917. The van der Waals surface area contributed by atoms with Crippen LogP contribution in [0.15, 0.2) is 0 Å². The Balaban J connectivity index is 4.45. The van der Waals surface area contributed by atoms with Gasteiger partial charge < -0.3 is 10.6 Å². The Hall–Kier alpha value is -0.780. The maximum Gasteiger partial charge on any atom is 0.389 e. The molecule has 0 unspecified atom stereocenters. The quantitative estimate of drug-likeness (QED) is 0.771. The first-order chi connectivity index (χ1) is 8.11. The van der Waals surface area contributed by atoms with Crippen LogP contribution in [0.1, 0.15) is 40.0 Å². The molecule has 0 radical (unpaired) electrons. The third-order valence-electron chi connectivity index (χ3n) is 2.64. The topological polar surface area (TPSA) is 46.3 Å². The van der Waals surface area contributed by atoms with Gasteiger partial charge in [-0.3, -0.25) is 4.79 Å². The molecule has 3 nitrogen and oxygen atoms in total. The number of hydrogen-bond donors (Lipinski definition) is 1. The molecule has 0 saturated carbocycles. The minimum Gasteiger partial charge on any atom is -0.342 e. The minimum absolute atomic E-state index is 0.275. The van der Waals surface area contributed by atoms with E-state index in [0.717, 1.165) is 6.42 Å². The first-order valence-corrected chi connectivity index (χ1v) is 6.16. The first kappa shape index (κ1) is 17.2. The number of halogens is 3. The van der Waals surface area contributed by atoms with E-state index in [1.54, 1.807) is 0 Å². The van der Waals surface area contributed by atoms with Crippen LogP contribution in [0.3, 0.4) is 0 Å². The zero-order valence-electron chi connectivity index (χ0n) is 11.3. The number of nitrogens with two attached hydrogens (primary N) is 1. The Morgan fingerprint density at radius 2 is 1.83 bits per heavy atom. The van der Waals surface area contributed by atoms with Gasteiger partial charge in [-0.2, -0.15) is 13.2 Å². The molecule has 0 aromatic carbocycles. The van der Waals surface area contributed by atoms with Crippen molar-refractivity contribution in [2.24, 2.45) is 11.1 Å². The van der Waals surface area contributed by atoms with E-state index in [1.807, 2.05) is 20.8 Å². The molecular weight excluding hydrogens is 245 g/mol. The molecule has 0 atom stereocenters. The van der Waals surface area contributed by atoms with Gasteiger partial charge in [-0.1, -0.05) is 20.8 Å². The molecule has 108 valence electrons. The predicted molar refractivity (Wildman–Crippen MR) is 65.0 cm³/mol. The van der Waals surface area contributed by atoms with Gasteiger partial charge in [-0.05, 0) is 18.4 Å². The van der Waals surface area contributed by atoms with E-state index >= 15 is 0 Å². The van der Waals surface area contributed by atoms with Gasteiger partial charge >= 0.3 is 6.18 Å². The van der Waals surface area contributed by atoms with Crippen LogP contribution in [0, 0.1) is 5.41 Å². The lowest BCUT2D eigenvalue weighted by molar-refractivity contribution is -0.149. The van der Waals surface area contributed by atoms with E-state index < -0.39 is 24.9 Å². The molecule has 0 aliphatic carbocycles. The van der Waals surface area contributed by atoms with Gasteiger partial charge in [-0.15, -0.1) is 0 Å². The van der Waals surface area contributed by atoms with Crippen LogP contribution in [0.25, 0.3) is 0 Å². The van der Waals surface area contributed by atoms with Gasteiger partial charge in [0, 0.05) is 19.5 Å². The third kappa shape index (κ3) is 7.53. The summed E-state index contributed by atoms with van der Waals surface area (Å²) >= 11 is 0. The van der Waals surface area contributed by atoms with E-state index in [-0.39, 0.29) is 5.41 Å². The smallest absolute Gasteiger partial charge is 0.342 e. The Morgan fingerprint density at radius 1 is 1.28 bits per heavy atom. The van der Waals surface area contributed by atoms with Crippen molar-refractivity contribution in [2.45, 2.75) is 46.2 Å². The second-order valence-corrected chi connectivity index (χ2v) is 5.30. The van der Waals surface area contributed by atoms with Crippen LogP contribution in [-0.2, 0) is 4.79 Å². The van der Waals surface area contributed by atoms with Crippen LogP contribution < -0.4 is 5.73 Å². The van der Waals surface area contributed by atoms with Crippen molar-refractivity contribution in [3.05, 3.63) is 0 Å². The summed E-state index contributed by atoms with van der Waals surface area (Å²) in [6, 6.07) is 0. The van der Waals surface area contributed by atoms with Crippen LogP contribution in [0.2, 0.25) is 0 Å². The minimum atomic E-state index is -4.28. The fourth-order valence-electron chi connectivity index (χ4n) is 1.55. The highest BCUT2D eigenvalue weighted by atomic mass is 19.4. The average Bonchev–Trinajstić information content (AvgIpc) is 2.24. The Morgan fingerprint density at radius 3 is 2.22 bits per heavy atom. The molecule has 0 rings (SSSR count). The molecule has 18 heavy (non-hydrogen) atoms. The lowest BCUT2D eigenvalue weighted by Crippen LogP contribution is -2.42. The van der Waals surface area contributed by atoms with Crippen molar-refractivity contribution < 1.29 is 18.0 Å². The second-order valence-electron chi connectivity index (χ2n) is 5.30. The zero-order valence-corrected chi connectivity index (χ0v) is 11.3. The summed E-state index contributed by atoms with van der Waals surface area (Å²) < 4.78 is 36.2. The summed E-state index contributed by atoms with van der Waals surface area (Å²) in [6.45, 7) is 6.94. The molecule has 0 fully saturated rings. The molecule has 0 aromatic rings. The Bertz CT molecular complexity index is 265. The molecule has 6 heteroatoms. The number of carbonyl (C=O) groups is 1. The summed E-state index contributed by atoms with van der Waals surface area (Å²) in [7, 11) is 0. The van der Waals surface area contributed by atoms with E-state index in [0.29, 0.717) is 19.6 Å². The lowest BCUT2D eigenvalue weighted by Gasteiger charge is -2.32. The highest BCUT2D eigenvalue weighted by molar-refractivity contribution is 5.76. The largest absolute Gasteiger partial charge is 0.389 e. The number of nitrogens with zero attached hydrogens (tertiary/aromatic N) is 1. The summed E-state index contributed by atoms with van der Waals surface area (Å²) in [5.41, 5.74) is 5.30. The van der Waals surface area contributed by atoms with Crippen LogP contribution in [-0.4, -0.2) is 36.6 Å². The van der Waals surface area contributed by atoms with Crippen molar-refractivity contribution in [3.63, 3.8) is 0 Å². The van der Waals surface area contributed by atoms with Crippen LogP contribution in [0.5, 0.6) is 0 Å². The van der Waals surface area contributed by atoms with Crippen molar-refractivity contribution in [1.82, 2.24) is 4.90 Å². The number of amides is 1. The average molecular weight is 268 g/mol. The van der Waals surface area contributed by atoms with Gasteiger partial charge in [-0.25, -0.2) is 0 Å². The summed E-state index contributed by atoms with van der Waals surface area (Å²) in [4.78, 5) is 13.2. The molecule has 0 bridgehead atoms. The predicted octanol–water partition coefficient (Wildman–Crippen LogP) is 2.55. The van der Waals surface area contributed by atoms with Crippen molar-refractivity contribution >= 4 is 5.91 Å². The summed E-state index contributed by atoms with van der Waals surface area (Å²) in [5, 5.41) is 0. The molecule has 0 aliphatic rings. The molecule has 0 heterocycles. The van der Waals surface area contributed by atoms with Crippen LogP contribution >= 0.6 is 0 Å². The molecular formula is C12H23F3N2O. The van der Waals surface area contributed by atoms with Gasteiger partial charge in [0.2, 0.25) is 5.91 Å². The van der Waals surface area contributed by atoms with Crippen molar-refractivity contribution in [2.75, 3.05) is 19.6 Å². The van der Waals surface area contributed by atoms with Gasteiger partial charge in [0.1, 0.15) is 0 Å². The Kier molecular flexibility index (Phi) is 6.67. The van der Waals surface area contributed by atoms with E-state index in [1.165, 1.54) is 4.90 Å². The SMILES string of the molecule is CCCN(CC(C)(C)CN)C(=O)CCC(F)(F)F. The van der Waals surface area contributed by atoms with Gasteiger partial charge in [0.25, 0.3) is 0 Å². The first-order valence-electron chi connectivity index (χ1n) is 6.16. The molecule has 0 spiro atoms. The molecule has 0 saturated heterocycles. The highest BCUT2D eigenvalue weighted by Crippen LogP contribution is 2.23. The number of rotatable bonds is 7.